The number of halogens is 1. The average molecular weight is 391 g/mol. The molecule has 1 heterocycles. The third-order valence-electron chi connectivity index (χ3n) is 4.20. The standard InChI is InChI=1S/C19H19ClN2O3S/c1-12-9-13(2)15-11-14(19(23)22-17(15)10-12)7-8-21-26(24,25)18-6-4-3-5-16(18)20/h3-6,9-11,21H,7-8H2,1-2H3,(H,22,23). The summed E-state index contributed by atoms with van der Waals surface area (Å²) in [6, 6.07) is 12.0. The molecule has 0 radical (unpaired) electrons. The number of pyridine rings is 1. The Bertz CT molecular complexity index is 1140. The molecule has 0 saturated carbocycles. The summed E-state index contributed by atoms with van der Waals surface area (Å²) in [5.74, 6) is 0. The van der Waals surface area contributed by atoms with E-state index in [9.17, 15) is 13.2 Å². The zero-order valence-electron chi connectivity index (χ0n) is 14.5. The molecule has 2 N–H and O–H groups in total. The number of sulfonamides is 1. The smallest absolute Gasteiger partial charge is 0.251 e. The topological polar surface area (TPSA) is 79.0 Å². The third-order valence-corrected chi connectivity index (χ3v) is 6.16. The van der Waals surface area contributed by atoms with E-state index in [4.69, 9.17) is 11.6 Å². The number of rotatable bonds is 5. The van der Waals surface area contributed by atoms with Gasteiger partial charge in [0.2, 0.25) is 10.0 Å². The molecule has 0 aliphatic carbocycles. The lowest BCUT2D eigenvalue weighted by atomic mass is 10.0. The van der Waals surface area contributed by atoms with Crippen molar-refractivity contribution >= 4 is 32.5 Å². The summed E-state index contributed by atoms with van der Waals surface area (Å²) in [5, 5.41) is 1.12. The first-order chi connectivity index (χ1) is 12.3. The van der Waals surface area contributed by atoms with Crippen molar-refractivity contribution in [1.82, 2.24) is 9.71 Å². The maximum absolute atomic E-state index is 12.4. The van der Waals surface area contributed by atoms with Gasteiger partial charge in [-0.25, -0.2) is 13.1 Å². The Labute approximate surface area is 157 Å². The largest absolute Gasteiger partial charge is 0.322 e. The highest BCUT2D eigenvalue weighted by atomic mass is 35.5. The average Bonchev–Trinajstić information content (AvgIpc) is 2.55. The molecular formula is C19H19ClN2O3S. The lowest BCUT2D eigenvalue weighted by Gasteiger charge is -2.09. The molecule has 136 valence electrons. The van der Waals surface area contributed by atoms with Crippen molar-refractivity contribution in [2.24, 2.45) is 0 Å². The van der Waals surface area contributed by atoms with Gasteiger partial charge in [0.25, 0.3) is 5.56 Å². The highest BCUT2D eigenvalue weighted by Gasteiger charge is 2.17. The Balaban J connectivity index is 1.81. The van der Waals surface area contributed by atoms with Crippen molar-refractivity contribution in [1.29, 1.82) is 0 Å². The van der Waals surface area contributed by atoms with Crippen molar-refractivity contribution in [3.05, 3.63) is 74.5 Å². The first-order valence-corrected chi connectivity index (χ1v) is 10.0. The summed E-state index contributed by atoms with van der Waals surface area (Å²) < 4.78 is 27.2. The predicted octanol–water partition coefficient (Wildman–Crippen LogP) is 3.32. The van der Waals surface area contributed by atoms with E-state index in [0.717, 1.165) is 22.0 Å². The Kier molecular flexibility index (Phi) is 5.18. The second kappa shape index (κ2) is 7.23. The second-order valence-corrected chi connectivity index (χ2v) is 8.39. The van der Waals surface area contributed by atoms with Crippen LogP contribution in [-0.4, -0.2) is 19.9 Å². The molecule has 7 heteroatoms. The van der Waals surface area contributed by atoms with E-state index >= 15 is 0 Å². The van der Waals surface area contributed by atoms with Crippen molar-refractivity contribution < 1.29 is 8.42 Å². The molecule has 0 fully saturated rings. The van der Waals surface area contributed by atoms with Crippen LogP contribution >= 0.6 is 11.6 Å². The van der Waals surface area contributed by atoms with Gasteiger partial charge in [-0.3, -0.25) is 4.79 Å². The maximum atomic E-state index is 12.4. The van der Waals surface area contributed by atoms with E-state index in [1.807, 2.05) is 32.0 Å². The maximum Gasteiger partial charge on any atom is 0.251 e. The molecule has 0 bridgehead atoms. The summed E-state index contributed by atoms with van der Waals surface area (Å²) in [5.41, 5.74) is 3.25. The molecule has 0 amide bonds. The van der Waals surface area contributed by atoms with E-state index in [-0.39, 0.29) is 28.4 Å². The number of aryl methyl sites for hydroxylation is 2. The fourth-order valence-corrected chi connectivity index (χ4v) is 4.51. The lowest BCUT2D eigenvalue weighted by Crippen LogP contribution is -2.27. The Morgan fingerprint density at radius 1 is 1.12 bits per heavy atom. The Hall–Kier alpha value is -2.15. The molecule has 0 aliphatic rings. The summed E-state index contributed by atoms with van der Waals surface area (Å²) in [6.07, 6.45) is 0.280. The minimum Gasteiger partial charge on any atom is -0.322 e. The molecule has 0 spiro atoms. The molecule has 3 rings (SSSR count). The van der Waals surface area contributed by atoms with Gasteiger partial charge in [0.15, 0.2) is 0 Å². The number of nitrogens with one attached hydrogen (secondary N) is 2. The summed E-state index contributed by atoms with van der Waals surface area (Å²) in [4.78, 5) is 15.2. The van der Waals surface area contributed by atoms with Crippen LogP contribution < -0.4 is 10.3 Å². The molecule has 2 aromatic carbocycles. The molecule has 26 heavy (non-hydrogen) atoms. The van der Waals surface area contributed by atoms with Crippen LogP contribution in [0.1, 0.15) is 16.7 Å². The second-order valence-electron chi connectivity index (χ2n) is 6.24. The highest BCUT2D eigenvalue weighted by Crippen LogP contribution is 2.20. The molecule has 0 unspecified atom stereocenters. The first kappa shape index (κ1) is 18.6. The normalized spacial score (nSPS) is 11.8. The molecular weight excluding hydrogens is 372 g/mol. The number of hydrogen-bond donors (Lipinski definition) is 2. The van der Waals surface area contributed by atoms with Gasteiger partial charge in [0.05, 0.1) is 5.02 Å². The van der Waals surface area contributed by atoms with Crippen LogP contribution in [0.25, 0.3) is 10.9 Å². The van der Waals surface area contributed by atoms with E-state index in [1.165, 1.54) is 12.1 Å². The number of benzene rings is 2. The summed E-state index contributed by atoms with van der Waals surface area (Å²) in [7, 11) is -3.72. The summed E-state index contributed by atoms with van der Waals surface area (Å²) >= 11 is 5.95. The molecule has 1 aromatic heterocycles. The minimum atomic E-state index is -3.72. The monoisotopic (exact) mass is 390 g/mol. The Morgan fingerprint density at radius 3 is 2.58 bits per heavy atom. The van der Waals surface area contributed by atoms with Crippen LogP contribution in [-0.2, 0) is 16.4 Å². The number of hydrogen-bond acceptors (Lipinski definition) is 3. The minimum absolute atomic E-state index is 0.0282. The fourth-order valence-electron chi connectivity index (χ4n) is 2.96. The van der Waals surface area contributed by atoms with Crippen molar-refractivity contribution in [2.45, 2.75) is 25.2 Å². The third kappa shape index (κ3) is 3.82. The fraction of sp³-hybridized carbons (Fsp3) is 0.211. The van der Waals surface area contributed by atoms with Gasteiger partial charge >= 0.3 is 0 Å². The van der Waals surface area contributed by atoms with Gasteiger partial charge in [-0.05, 0) is 55.7 Å². The van der Waals surface area contributed by atoms with Crippen molar-refractivity contribution in [3.63, 3.8) is 0 Å². The van der Waals surface area contributed by atoms with E-state index in [1.54, 1.807) is 12.1 Å². The molecule has 0 saturated heterocycles. The van der Waals surface area contributed by atoms with Gasteiger partial charge in [-0.2, -0.15) is 0 Å². The van der Waals surface area contributed by atoms with Crippen LogP contribution in [0, 0.1) is 13.8 Å². The lowest BCUT2D eigenvalue weighted by molar-refractivity contribution is 0.581. The quantitative estimate of drug-likeness (QED) is 0.701. The highest BCUT2D eigenvalue weighted by molar-refractivity contribution is 7.89. The number of fused-ring (bicyclic) bond motifs is 1. The summed E-state index contributed by atoms with van der Waals surface area (Å²) in [6.45, 7) is 4.06. The van der Waals surface area contributed by atoms with Crippen molar-refractivity contribution in [3.8, 4) is 0 Å². The Morgan fingerprint density at radius 2 is 1.85 bits per heavy atom. The van der Waals surface area contributed by atoms with Gasteiger partial charge in [-0.1, -0.05) is 29.8 Å². The van der Waals surface area contributed by atoms with E-state index in [2.05, 4.69) is 9.71 Å². The molecule has 0 atom stereocenters. The molecule has 3 aromatic rings. The van der Waals surface area contributed by atoms with E-state index in [0.29, 0.717) is 5.56 Å². The number of aromatic nitrogens is 1. The SMILES string of the molecule is Cc1cc(C)c2cc(CCNS(=O)(=O)c3ccccc3Cl)c(=O)[nH]c2c1. The van der Waals surface area contributed by atoms with Crippen LogP contribution in [0.15, 0.2) is 52.2 Å². The first-order valence-electron chi connectivity index (χ1n) is 8.15. The van der Waals surface area contributed by atoms with Crippen LogP contribution in [0.5, 0.6) is 0 Å². The van der Waals surface area contributed by atoms with Crippen LogP contribution in [0.2, 0.25) is 5.02 Å². The van der Waals surface area contributed by atoms with Gasteiger partial charge in [0, 0.05) is 23.0 Å². The predicted molar refractivity (Wildman–Crippen MR) is 104 cm³/mol. The van der Waals surface area contributed by atoms with Crippen LogP contribution in [0.3, 0.4) is 0 Å². The zero-order chi connectivity index (χ0) is 18.9. The van der Waals surface area contributed by atoms with Gasteiger partial charge in [-0.15, -0.1) is 0 Å². The van der Waals surface area contributed by atoms with Crippen LogP contribution in [0.4, 0.5) is 0 Å². The van der Waals surface area contributed by atoms with Crippen molar-refractivity contribution in [2.75, 3.05) is 6.54 Å². The molecule has 0 aliphatic heterocycles. The van der Waals surface area contributed by atoms with Gasteiger partial charge < -0.3 is 4.98 Å². The van der Waals surface area contributed by atoms with E-state index < -0.39 is 10.0 Å². The number of H-pyrrole nitrogens is 1. The molecule has 5 nitrogen and oxygen atoms in total. The zero-order valence-corrected chi connectivity index (χ0v) is 16.0. The number of aromatic amines is 1. The van der Waals surface area contributed by atoms with Gasteiger partial charge in [0.1, 0.15) is 4.90 Å².